The van der Waals surface area contributed by atoms with Gasteiger partial charge in [-0.2, -0.15) is 8.42 Å². The molecule has 0 atom stereocenters. The van der Waals surface area contributed by atoms with E-state index < -0.39 is 10.1 Å². The number of allylic oxidation sites excluding steroid dienone is 4. The van der Waals surface area contributed by atoms with Crippen LogP contribution >= 0.6 is 0 Å². The summed E-state index contributed by atoms with van der Waals surface area (Å²) in [5.74, 6) is -0.247. The summed E-state index contributed by atoms with van der Waals surface area (Å²) < 4.78 is 26.6. The molecule has 0 saturated carbocycles. The van der Waals surface area contributed by atoms with Crippen LogP contribution < -0.4 is 0 Å². The van der Waals surface area contributed by atoms with Crippen molar-refractivity contribution in [1.82, 2.24) is 0 Å². The maximum absolute atomic E-state index is 11.2. The smallest absolute Gasteiger partial charge is 0.290 e. The van der Waals surface area contributed by atoms with E-state index in [2.05, 4.69) is 9.44 Å². The van der Waals surface area contributed by atoms with Gasteiger partial charge in [0.25, 0.3) is 0 Å². The summed E-state index contributed by atoms with van der Waals surface area (Å²) in [5.41, 5.74) is 1.44. The van der Waals surface area contributed by atoms with Crippen LogP contribution in [0.15, 0.2) is 28.5 Å². The third kappa shape index (κ3) is 3.03. The van der Waals surface area contributed by atoms with Gasteiger partial charge in [0.15, 0.2) is 5.78 Å². The predicted molar refractivity (Wildman–Crippen MR) is 60.5 cm³/mol. The fourth-order valence-electron chi connectivity index (χ4n) is 1.02. The molecule has 0 fully saturated rings. The summed E-state index contributed by atoms with van der Waals surface area (Å²) in [6.07, 6.45) is 2.90. The molecule has 0 unspecified atom stereocenters. The second-order valence-electron chi connectivity index (χ2n) is 3.42. The first-order valence-electron chi connectivity index (χ1n) is 4.76. The number of hydrogen-bond acceptors (Lipinski definition) is 5. The largest absolute Gasteiger partial charge is 0.328 e. The molecule has 0 saturated heterocycles. The number of ketones is 1. The van der Waals surface area contributed by atoms with Crippen LogP contribution in [-0.4, -0.2) is 25.7 Å². The molecule has 0 bridgehead atoms. The summed E-state index contributed by atoms with van der Waals surface area (Å²) in [6.45, 7) is 4.76. The van der Waals surface area contributed by atoms with Crippen LogP contribution in [0.1, 0.15) is 20.8 Å². The van der Waals surface area contributed by atoms with Crippen molar-refractivity contribution in [2.45, 2.75) is 20.8 Å². The maximum Gasteiger partial charge on any atom is 0.328 e. The Morgan fingerprint density at radius 3 is 2.44 bits per heavy atom. The van der Waals surface area contributed by atoms with Gasteiger partial charge in [0.2, 0.25) is 0 Å². The first-order chi connectivity index (χ1) is 7.35. The molecular weight excluding hydrogens is 230 g/mol. The minimum atomic E-state index is -3.60. The van der Waals surface area contributed by atoms with Gasteiger partial charge < -0.3 is 0 Å². The average molecular weight is 243 g/mol. The molecule has 5 nitrogen and oxygen atoms in total. The molecule has 6 heteroatoms. The summed E-state index contributed by atoms with van der Waals surface area (Å²) in [7, 11) is -3.60. The maximum atomic E-state index is 11.2. The van der Waals surface area contributed by atoms with Crippen molar-refractivity contribution in [2.75, 3.05) is 5.75 Å². The summed E-state index contributed by atoms with van der Waals surface area (Å²) in [4.78, 5) is 11.2. The van der Waals surface area contributed by atoms with E-state index in [9.17, 15) is 13.2 Å². The number of hydrogen-bond donors (Lipinski definition) is 0. The number of rotatable bonds is 3. The van der Waals surface area contributed by atoms with E-state index in [0.717, 1.165) is 0 Å². The van der Waals surface area contributed by atoms with E-state index in [1.807, 2.05) is 0 Å². The molecular formula is C10H13NO4S. The van der Waals surface area contributed by atoms with Crippen molar-refractivity contribution in [3.63, 3.8) is 0 Å². The summed E-state index contributed by atoms with van der Waals surface area (Å²) >= 11 is 0. The van der Waals surface area contributed by atoms with Crippen LogP contribution in [0, 0.1) is 0 Å². The minimum Gasteiger partial charge on any atom is -0.290 e. The zero-order chi connectivity index (χ0) is 12.3. The van der Waals surface area contributed by atoms with Gasteiger partial charge >= 0.3 is 10.1 Å². The molecule has 0 N–H and O–H groups in total. The van der Waals surface area contributed by atoms with E-state index in [4.69, 9.17) is 0 Å². The Kier molecular flexibility index (Phi) is 3.64. The Morgan fingerprint density at radius 1 is 1.25 bits per heavy atom. The molecule has 0 aromatic rings. The molecule has 0 spiro atoms. The Hall–Kier alpha value is -1.43. The standard InChI is InChI=1S/C10H13NO4S/c1-4-16(13,14)15-11-9-5-8(3)10(12)6-7(9)2/h5-6H,4H2,1-3H3/b11-9+. The average Bonchev–Trinajstić information content (AvgIpc) is 2.22. The predicted octanol–water partition coefficient (Wildman–Crippen LogP) is 1.18. The highest BCUT2D eigenvalue weighted by Gasteiger charge is 2.14. The molecule has 0 aliphatic heterocycles. The second-order valence-corrected chi connectivity index (χ2v) is 5.26. The third-order valence-electron chi connectivity index (χ3n) is 2.10. The van der Waals surface area contributed by atoms with E-state index >= 15 is 0 Å². The highest BCUT2D eigenvalue weighted by Crippen LogP contribution is 2.12. The fraction of sp³-hybridized carbons (Fsp3) is 0.400. The quantitative estimate of drug-likeness (QED) is 0.551. The lowest BCUT2D eigenvalue weighted by Crippen LogP contribution is -2.12. The first kappa shape index (κ1) is 12.6. The van der Waals surface area contributed by atoms with Gasteiger partial charge in [0.05, 0.1) is 5.75 Å². The van der Waals surface area contributed by atoms with Crippen molar-refractivity contribution in [3.05, 3.63) is 23.3 Å². The highest BCUT2D eigenvalue weighted by atomic mass is 32.2. The monoisotopic (exact) mass is 243 g/mol. The van der Waals surface area contributed by atoms with Gasteiger partial charge in [0.1, 0.15) is 5.71 Å². The SMILES string of the molecule is CCS(=O)(=O)O/N=C1\C=C(C)C(=O)C=C1C. The molecule has 0 amide bonds. The molecule has 0 aromatic carbocycles. The lowest BCUT2D eigenvalue weighted by atomic mass is 9.99. The van der Waals surface area contributed by atoms with E-state index in [-0.39, 0.29) is 11.5 Å². The Morgan fingerprint density at radius 2 is 1.88 bits per heavy atom. The van der Waals surface area contributed by atoms with Gasteiger partial charge in [0, 0.05) is 0 Å². The Balaban J connectivity index is 2.94. The zero-order valence-corrected chi connectivity index (χ0v) is 10.2. The van der Waals surface area contributed by atoms with E-state index in [1.54, 1.807) is 13.8 Å². The normalized spacial score (nSPS) is 19.4. The van der Waals surface area contributed by atoms with Gasteiger partial charge in [-0.05, 0) is 44.1 Å². The van der Waals surface area contributed by atoms with Crippen LogP contribution in [0.4, 0.5) is 0 Å². The van der Waals surface area contributed by atoms with Gasteiger partial charge in [-0.1, -0.05) is 5.16 Å². The minimum absolute atomic E-state index is 0.102. The molecule has 16 heavy (non-hydrogen) atoms. The fourth-order valence-corrected chi connectivity index (χ4v) is 1.32. The van der Waals surface area contributed by atoms with Crippen LogP contribution in [0.2, 0.25) is 0 Å². The van der Waals surface area contributed by atoms with Gasteiger partial charge in [-0.3, -0.25) is 9.08 Å². The first-order valence-corrected chi connectivity index (χ1v) is 6.34. The molecule has 0 aromatic heterocycles. The molecule has 1 aliphatic carbocycles. The van der Waals surface area contributed by atoms with Crippen LogP contribution in [-0.2, 0) is 19.2 Å². The number of carbonyl (C=O) groups is 1. The van der Waals surface area contributed by atoms with E-state index in [0.29, 0.717) is 16.9 Å². The molecule has 0 heterocycles. The van der Waals surface area contributed by atoms with Gasteiger partial charge in [-0.25, -0.2) is 0 Å². The van der Waals surface area contributed by atoms with Crippen molar-refractivity contribution < 1.29 is 17.5 Å². The number of nitrogens with zero attached hydrogens (tertiary/aromatic N) is 1. The summed E-state index contributed by atoms with van der Waals surface area (Å²) in [6, 6.07) is 0. The lowest BCUT2D eigenvalue weighted by Gasteiger charge is -2.08. The molecule has 88 valence electrons. The highest BCUT2D eigenvalue weighted by molar-refractivity contribution is 7.86. The molecule has 1 rings (SSSR count). The number of carbonyl (C=O) groups excluding carboxylic acids is 1. The van der Waals surface area contributed by atoms with Crippen molar-refractivity contribution in [2.24, 2.45) is 5.16 Å². The molecule has 1 aliphatic rings. The number of oxime groups is 1. The Bertz CT molecular complexity index is 497. The summed E-state index contributed by atoms with van der Waals surface area (Å²) in [5, 5.41) is 3.52. The van der Waals surface area contributed by atoms with Crippen molar-refractivity contribution in [1.29, 1.82) is 0 Å². The van der Waals surface area contributed by atoms with E-state index in [1.165, 1.54) is 19.1 Å². The second kappa shape index (κ2) is 4.61. The van der Waals surface area contributed by atoms with Crippen LogP contribution in [0.3, 0.4) is 0 Å². The zero-order valence-electron chi connectivity index (χ0n) is 9.35. The van der Waals surface area contributed by atoms with Crippen LogP contribution in [0.5, 0.6) is 0 Å². The van der Waals surface area contributed by atoms with Crippen molar-refractivity contribution in [3.8, 4) is 0 Å². The Labute approximate surface area is 94.6 Å². The van der Waals surface area contributed by atoms with Gasteiger partial charge in [-0.15, -0.1) is 0 Å². The third-order valence-corrected chi connectivity index (χ3v) is 3.11. The topological polar surface area (TPSA) is 72.8 Å². The van der Waals surface area contributed by atoms with Crippen molar-refractivity contribution >= 4 is 21.6 Å². The lowest BCUT2D eigenvalue weighted by molar-refractivity contribution is -0.111. The van der Waals surface area contributed by atoms with Crippen LogP contribution in [0.25, 0.3) is 0 Å². The molecule has 0 radical (unpaired) electrons.